The van der Waals surface area contributed by atoms with Crippen LogP contribution >= 0.6 is 0 Å². The smallest absolute Gasteiger partial charge is 0.305 e. The third-order valence-corrected chi connectivity index (χ3v) is 3.62. The minimum Gasteiger partial charge on any atom is -0.481 e. The maximum atomic E-state index is 10.9. The summed E-state index contributed by atoms with van der Waals surface area (Å²) in [5, 5.41) is 13.4. The van der Waals surface area contributed by atoms with Crippen molar-refractivity contribution in [2.75, 3.05) is 11.4 Å². The molecule has 1 N–H and O–H groups in total. The Morgan fingerprint density at radius 1 is 1.38 bits per heavy atom. The predicted octanol–water partition coefficient (Wildman–Crippen LogP) is 2.77. The molecule has 0 amide bonds. The number of anilines is 1. The molecule has 1 aromatic heterocycles. The fourth-order valence-electron chi connectivity index (χ4n) is 2.58. The first-order valence-electron chi connectivity index (χ1n) is 7.02. The van der Waals surface area contributed by atoms with Crippen LogP contribution in [0.15, 0.2) is 36.5 Å². The molecule has 0 aliphatic rings. The number of aliphatic carboxylic acids is 1. The number of rotatable bonds is 6. The Morgan fingerprint density at radius 3 is 2.57 bits per heavy atom. The summed E-state index contributed by atoms with van der Waals surface area (Å²) in [7, 11) is 1.90. The van der Waals surface area contributed by atoms with Crippen molar-refractivity contribution in [1.82, 2.24) is 9.78 Å². The van der Waals surface area contributed by atoms with E-state index >= 15 is 0 Å². The Balaban J connectivity index is 2.30. The third kappa shape index (κ3) is 3.62. The van der Waals surface area contributed by atoms with Crippen LogP contribution < -0.4 is 4.90 Å². The molecule has 5 nitrogen and oxygen atoms in total. The zero-order valence-corrected chi connectivity index (χ0v) is 12.7. The number of carbonyl (C=O) groups is 1. The first-order chi connectivity index (χ1) is 9.99. The Morgan fingerprint density at radius 2 is 2.05 bits per heavy atom. The molecular weight excluding hydrogens is 266 g/mol. The van der Waals surface area contributed by atoms with E-state index in [9.17, 15) is 4.79 Å². The van der Waals surface area contributed by atoms with Gasteiger partial charge in [-0.15, -0.1) is 0 Å². The van der Waals surface area contributed by atoms with E-state index in [1.165, 1.54) is 0 Å². The van der Waals surface area contributed by atoms with E-state index in [1.807, 2.05) is 50.5 Å². The highest BCUT2D eigenvalue weighted by Gasteiger charge is 2.20. The van der Waals surface area contributed by atoms with Gasteiger partial charge in [-0.2, -0.15) is 5.10 Å². The molecule has 1 unspecified atom stereocenters. The van der Waals surface area contributed by atoms with Crippen LogP contribution in [-0.4, -0.2) is 27.4 Å². The van der Waals surface area contributed by atoms with E-state index in [0.717, 1.165) is 16.9 Å². The molecule has 0 spiro atoms. The standard InChI is InChI=1S/C16H21N3O2/c1-12-15(11-18(3)17-12)13(2)19(10-9-16(20)21)14-7-5-4-6-8-14/h4-8,11,13H,9-10H2,1-3H3,(H,20,21). The molecule has 2 rings (SSSR count). The first kappa shape index (κ1) is 15.1. The Hall–Kier alpha value is -2.30. The van der Waals surface area contributed by atoms with Crippen LogP contribution in [0.5, 0.6) is 0 Å². The van der Waals surface area contributed by atoms with E-state index in [-0.39, 0.29) is 12.5 Å². The summed E-state index contributed by atoms with van der Waals surface area (Å²) in [5.74, 6) is -0.786. The second-order valence-electron chi connectivity index (χ2n) is 5.19. The number of carboxylic acids is 1. The van der Waals surface area contributed by atoms with E-state index in [2.05, 4.69) is 16.9 Å². The van der Waals surface area contributed by atoms with E-state index < -0.39 is 5.97 Å². The summed E-state index contributed by atoms with van der Waals surface area (Å²) in [6.07, 6.45) is 2.11. The molecular formula is C16H21N3O2. The highest BCUT2D eigenvalue weighted by atomic mass is 16.4. The van der Waals surface area contributed by atoms with Crippen LogP contribution in [-0.2, 0) is 11.8 Å². The quantitative estimate of drug-likeness (QED) is 0.887. The molecule has 5 heteroatoms. The number of hydrogen-bond acceptors (Lipinski definition) is 3. The monoisotopic (exact) mass is 287 g/mol. The van der Waals surface area contributed by atoms with E-state index in [1.54, 1.807) is 4.68 Å². The van der Waals surface area contributed by atoms with Crippen molar-refractivity contribution in [3.8, 4) is 0 Å². The summed E-state index contributed by atoms with van der Waals surface area (Å²) in [5.41, 5.74) is 3.11. The lowest BCUT2D eigenvalue weighted by Gasteiger charge is -2.31. The summed E-state index contributed by atoms with van der Waals surface area (Å²) in [4.78, 5) is 13.0. The fourth-order valence-corrected chi connectivity index (χ4v) is 2.58. The molecule has 0 radical (unpaired) electrons. The van der Waals surface area contributed by atoms with Gasteiger partial charge in [-0.3, -0.25) is 9.48 Å². The Kier molecular flexibility index (Phi) is 4.62. The van der Waals surface area contributed by atoms with Gasteiger partial charge in [-0.1, -0.05) is 18.2 Å². The summed E-state index contributed by atoms with van der Waals surface area (Å²) < 4.78 is 1.79. The molecule has 0 saturated heterocycles. The van der Waals surface area contributed by atoms with Crippen LogP contribution in [0.2, 0.25) is 0 Å². The minimum atomic E-state index is -0.786. The fraction of sp³-hybridized carbons (Fsp3) is 0.375. The highest BCUT2D eigenvalue weighted by molar-refractivity contribution is 5.67. The van der Waals surface area contributed by atoms with Crippen molar-refractivity contribution in [3.63, 3.8) is 0 Å². The van der Waals surface area contributed by atoms with Crippen molar-refractivity contribution in [1.29, 1.82) is 0 Å². The van der Waals surface area contributed by atoms with Crippen LogP contribution in [0.25, 0.3) is 0 Å². The van der Waals surface area contributed by atoms with Gasteiger partial charge >= 0.3 is 5.97 Å². The molecule has 0 fully saturated rings. The molecule has 0 bridgehead atoms. The first-order valence-corrected chi connectivity index (χ1v) is 7.02. The molecule has 2 aromatic rings. The summed E-state index contributed by atoms with van der Waals surface area (Å²) in [6, 6.07) is 9.96. The molecule has 1 aromatic carbocycles. The van der Waals surface area contributed by atoms with Gasteiger partial charge in [0, 0.05) is 31.0 Å². The molecule has 1 atom stereocenters. The number of carboxylic acid groups (broad SMARTS) is 1. The number of aromatic nitrogens is 2. The van der Waals surface area contributed by atoms with Crippen molar-refractivity contribution < 1.29 is 9.90 Å². The van der Waals surface area contributed by atoms with Crippen LogP contribution in [0.4, 0.5) is 5.69 Å². The van der Waals surface area contributed by atoms with Gasteiger partial charge in [0.25, 0.3) is 0 Å². The molecule has 0 aliphatic carbocycles. The highest BCUT2D eigenvalue weighted by Crippen LogP contribution is 2.28. The Labute approximate surface area is 124 Å². The lowest BCUT2D eigenvalue weighted by atomic mass is 10.1. The second kappa shape index (κ2) is 6.43. The zero-order chi connectivity index (χ0) is 15.4. The molecule has 0 aliphatic heterocycles. The SMILES string of the molecule is Cc1nn(C)cc1C(C)N(CCC(=O)O)c1ccccc1. The predicted molar refractivity (Wildman–Crippen MR) is 82.4 cm³/mol. The van der Waals surface area contributed by atoms with Crippen LogP contribution in [0.3, 0.4) is 0 Å². The lowest BCUT2D eigenvalue weighted by Crippen LogP contribution is -2.29. The van der Waals surface area contributed by atoms with Gasteiger partial charge in [-0.05, 0) is 26.0 Å². The number of nitrogens with zero attached hydrogens (tertiary/aromatic N) is 3. The lowest BCUT2D eigenvalue weighted by molar-refractivity contribution is -0.136. The minimum absolute atomic E-state index is 0.0699. The third-order valence-electron chi connectivity index (χ3n) is 3.62. The molecule has 21 heavy (non-hydrogen) atoms. The summed E-state index contributed by atoms with van der Waals surface area (Å²) in [6.45, 7) is 4.53. The molecule has 1 heterocycles. The average molecular weight is 287 g/mol. The van der Waals surface area contributed by atoms with E-state index in [4.69, 9.17) is 5.11 Å². The number of benzene rings is 1. The number of hydrogen-bond donors (Lipinski definition) is 1. The molecule has 112 valence electrons. The second-order valence-corrected chi connectivity index (χ2v) is 5.19. The average Bonchev–Trinajstić information content (AvgIpc) is 2.78. The van der Waals surface area contributed by atoms with Crippen LogP contribution in [0, 0.1) is 6.92 Å². The topological polar surface area (TPSA) is 58.4 Å². The normalized spacial score (nSPS) is 12.1. The maximum Gasteiger partial charge on any atom is 0.305 e. The molecule has 0 saturated carbocycles. The van der Waals surface area contributed by atoms with Gasteiger partial charge in [0.05, 0.1) is 18.2 Å². The van der Waals surface area contributed by atoms with E-state index in [0.29, 0.717) is 6.54 Å². The summed E-state index contributed by atoms with van der Waals surface area (Å²) >= 11 is 0. The largest absolute Gasteiger partial charge is 0.481 e. The van der Waals surface area contributed by atoms with Gasteiger partial charge < -0.3 is 10.0 Å². The van der Waals surface area contributed by atoms with Gasteiger partial charge in [0.2, 0.25) is 0 Å². The van der Waals surface area contributed by atoms with Crippen LogP contribution in [0.1, 0.15) is 30.6 Å². The number of aryl methyl sites for hydroxylation is 2. The van der Waals surface area contributed by atoms with Crippen molar-refractivity contribution in [2.24, 2.45) is 7.05 Å². The van der Waals surface area contributed by atoms with Gasteiger partial charge in [0.1, 0.15) is 0 Å². The van der Waals surface area contributed by atoms with Crippen molar-refractivity contribution >= 4 is 11.7 Å². The van der Waals surface area contributed by atoms with Gasteiger partial charge in [0.15, 0.2) is 0 Å². The zero-order valence-electron chi connectivity index (χ0n) is 12.7. The van der Waals surface area contributed by atoms with Crippen molar-refractivity contribution in [2.45, 2.75) is 26.3 Å². The maximum absolute atomic E-state index is 10.9. The van der Waals surface area contributed by atoms with Crippen molar-refractivity contribution in [3.05, 3.63) is 47.8 Å². The Bertz CT molecular complexity index is 607. The van der Waals surface area contributed by atoms with Gasteiger partial charge in [-0.25, -0.2) is 0 Å². The number of para-hydroxylation sites is 1.